The highest BCUT2D eigenvalue weighted by atomic mass is 32.2. The highest BCUT2D eigenvalue weighted by Crippen LogP contribution is 2.50. The molecule has 2 aromatic rings. The number of alkyl halides is 1. The Morgan fingerprint density at radius 3 is 2.64 bits per heavy atom. The lowest BCUT2D eigenvalue weighted by Crippen LogP contribution is -2.51. The third kappa shape index (κ3) is 5.57. The van der Waals surface area contributed by atoms with Crippen molar-refractivity contribution >= 4 is 15.7 Å². The van der Waals surface area contributed by atoms with Crippen molar-refractivity contribution < 1.29 is 27.4 Å². The van der Waals surface area contributed by atoms with Crippen LogP contribution in [0, 0.1) is 11.3 Å². The molecule has 2 heterocycles. The SMILES string of the molecule is Cn1nc(C(=O)NCc2ccc(C#N)cc2)c2c1C(O)N(CC1(S(=O)(=O)C(C)(C)COC(F)CN)CC1)CC2. The summed E-state index contributed by atoms with van der Waals surface area (Å²) >= 11 is 0. The summed E-state index contributed by atoms with van der Waals surface area (Å²) < 4.78 is 44.9. The number of ether oxygens (including phenoxy) is 1. The Bertz CT molecular complexity index is 1360. The average molecular weight is 563 g/mol. The fourth-order valence-electron chi connectivity index (χ4n) is 5.06. The number of aryl methyl sites for hydroxylation is 1. The van der Waals surface area contributed by atoms with Gasteiger partial charge in [0.05, 0.1) is 33.4 Å². The monoisotopic (exact) mass is 562 g/mol. The molecule has 0 saturated heterocycles. The minimum Gasteiger partial charge on any atom is -0.372 e. The number of nitriles is 1. The summed E-state index contributed by atoms with van der Waals surface area (Å²) in [5.74, 6) is -0.386. The van der Waals surface area contributed by atoms with Gasteiger partial charge in [0.15, 0.2) is 21.8 Å². The molecule has 2 atom stereocenters. The molecule has 1 aliphatic carbocycles. The quantitative estimate of drug-likeness (QED) is 0.363. The minimum absolute atomic E-state index is 0.0979. The second-order valence-electron chi connectivity index (χ2n) is 10.8. The Balaban J connectivity index is 1.46. The predicted octanol–water partition coefficient (Wildman–Crippen LogP) is 1.07. The van der Waals surface area contributed by atoms with Crippen molar-refractivity contribution in [3.05, 3.63) is 52.3 Å². The predicted molar refractivity (Wildman–Crippen MR) is 141 cm³/mol. The van der Waals surface area contributed by atoms with Gasteiger partial charge >= 0.3 is 0 Å². The molecule has 4 N–H and O–H groups in total. The molecule has 0 radical (unpaired) electrons. The summed E-state index contributed by atoms with van der Waals surface area (Å²) in [6, 6.07) is 8.92. The number of nitrogens with zero attached hydrogens (tertiary/aromatic N) is 4. The number of benzene rings is 1. The fourth-order valence-corrected chi connectivity index (χ4v) is 7.43. The third-order valence-electron chi connectivity index (χ3n) is 7.58. The van der Waals surface area contributed by atoms with Gasteiger partial charge < -0.3 is 20.9 Å². The van der Waals surface area contributed by atoms with Crippen molar-refractivity contribution in [3.63, 3.8) is 0 Å². The second kappa shape index (κ2) is 10.9. The molecule has 1 aliphatic heterocycles. The number of halogens is 1. The maximum atomic E-state index is 13.6. The van der Waals surface area contributed by atoms with Crippen LogP contribution in [0.5, 0.6) is 0 Å². The molecule has 0 bridgehead atoms. The Hall–Kier alpha value is -2.89. The highest BCUT2D eigenvalue weighted by Gasteiger charge is 2.61. The summed E-state index contributed by atoms with van der Waals surface area (Å²) in [7, 11) is -2.14. The largest absolute Gasteiger partial charge is 0.372 e. The van der Waals surface area contributed by atoms with Crippen molar-refractivity contribution in [2.45, 2.75) is 61.7 Å². The molecule has 1 fully saturated rings. The van der Waals surface area contributed by atoms with Gasteiger partial charge in [-0.2, -0.15) is 10.4 Å². The lowest BCUT2D eigenvalue weighted by atomic mass is 10.0. The topological polar surface area (TPSA) is 164 Å². The highest BCUT2D eigenvalue weighted by molar-refractivity contribution is 7.94. The van der Waals surface area contributed by atoms with Crippen molar-refractivity contribution in [3.8, 4) is 6.07 Å². The van der Waals surface area contributed by atoms with E-state index in [9.17, 15) is 22.7 Å². The van der Waals surface area contributed by atoms with Crippen LogP contribution in [0.4, 0.5) is 4.39 Å². The van der Waals surface area contributed by atoms with E-state index >= 15 is 0 Å². The van der Waals surface area contributed by atoms with E-state index in [0.29, 0.717) is 42.6 Å². The molecule has 2 unspecified atom stereocenters. The van der Waals surface area contributed by atoms with E-state index in [1.54, 1.807) is 36.2 Å². The Kier molecular flexibility index (Phi) is 8.16. The summed E-state index contributed by atoms with van der Waals surface area (Å²) in [4.78, 5) is 14.7. The van der Waals surface area contributed by atoms with Crippen LogP contribution in [0.25, 0.3) is 0 Å². The Morgan fingerprint density at radius 1 is 1.38 bits per heavy atom. The van der Waals surface area contributed by atoms with E-state index in [4.69, 9.17) is 15.7 Å². The maximum absolute atomic E-state index is 13.6. The van der Waals surface area contributed by atoms with Gasteiger partial charge in [-0.05, 0) is 50.8 Å². The van der Waals surface area contributed by atoms with Crippen LogP contribution in [0.2, 0.25) is 0 Å². The molecule has 1 aromatic carbocycles. The molecular weight excluding hydrogens is 527 g/mol. The molecule has 2 aliphatic rings. The minimum atomic E-state index is -3.78. The van der Waals surface area contributed by atoms with Gasteiger partial charge in [0, 0.05) is 38.8 Å². The lowest BCUT2D eigenvalue weighted by Gasteiger charge is -2.37. The molecular formula is C26H35FN6O5S. The Labute approximate surface area is 227 Å². The number of hydrogen-bond donors (Lipinski definition) is 3. The van der Waals surface area contributed by atoms with Crippen molar-refractivity contribution in [2.75, 3.05) is 26.2 Å². The first-order valence-electron chi connectivity index (χ1n) is 12.8. The number of amides is 1. The second-order valence-corrected chi connectivity index (χ2v) is 13.8. The first kappa shape index (κ1) is 29.1. The average Bonchev–Trinajstić information content (AvgIpc) is 3.63. The molecule has 11 nitrogen and oxygen atoms in total. The molecule has 13 heteroatoms. The smallest absolute Gasteiger partial charge is 0.272 e. The van der Waals surface area contributed by atoms with Gasteiger partial charge in [0.25, 0.3) is 5.91 Å². The summed E-state index contributed by atoms with van der Waals surface area (Å²) in [5, 5.41) is 27.4. The van der Waals surface area contributed by atoms with Crippen molar-refractivity contribution in [2.24, 2.45) is 12.8 Å². The lowest BCUT2D eigenvalue weighted by molar-refractivity contribution is -0.0389. The van der Waals surface area contributed by atoms with Crippen LogP contribution in [-0.4, -0.2) is 76.2 Å². The first-order valence-corrected chi connectivity index (χ1v) is 14.3. The number of fused-ring (bicyclic) bond motifs is 1. The van der Waals surface area contributed by atoms with Crippen LogP contribution in [0.15, 0.2) is 24.3 Å². The standard InChI is InChI=1S/C26H35FN6O5S/c1-25(2,16-38-20(27)13-29)39(36,37)26(9-10-26)15-33-11-8-19-21(31-32(3)22(19)24(33)35)23(34)30-14-18-6-4-17(12-28)5-7-18/h4-7,20,24,35H,8-11,13-16,29H2,1-3H3,(H,30,34). The number of rotatable bonds is 11. The van der Waals surface area contributed by atoms with Crippen LogP contribution in [0.3, 0.4) is 0 Å². The number of carbonyl (C=O) groups is 1. The van der Waals surface area contributed by atoms with Crippen molar-refractivity contribution in [1.82, 2.24) is 20.0 Å². The van der Waals surface area contributed by atoms with Crippen molar-refractivity contribution in [1.29, 1.82) is 5.26 Å². The number of hydrogen-bond acceptors (Lipinski definition) is 9. The molecule has 1 amide bonds. The number of nitrogens with two attached hydrogens (primary N) is 1. The number of sulfone groups is 1. The van der Waals surface area contributed by atoms with Gasteiger partial charge in [-0.15, -0.1) is 0 Å². The van der Waals surface area contributed by atoms with E-state index < -0.39 is 31.9 Å². The molecule has 39 heavy (non-hydrogen) atoms. The number of nitrogens with one attached hydrogen (secondary N) is 1. The molecule has 1 aromatic heterocycles. The molecule has 0 spiro atoms. The third-order valence-corrected chi connectivity index (χ3v) is 10.8. The van der Waals surface area contributed by atoms with Gasteiger partial charge in [0.1, 0.15) is 0 Å². The van der Waals surface area contributed by atoms with E-state index in [2.05, 4.69) is 16.5 Å². The van der Waals surface area contributed by atoms with Crippen LogP contribution in [-0.2, 0) is 34.6 Å². The van der Waals surface area contributed by atoms with Gasteiger partial charge in [0.2, 0.25) is 6.36 Å². The first-order chi connectivity index (χ1) is 18.4. The molecule has 4 rings (SSSR count). The van der Waals surface area contributed by atoms with Crippen LogP contribution in [0.1, 0.15) is 65.8 Å². The summed E-state index contributed by atoms with van der Waals surface area (Å²) in [5.41, 5.74) is 7.89. The van der Waals surface area contributed by atoms with Crippen LogP contribution < -0.4 is 11.1 Å². The molecule has 212 valence electrons. The van der Waals surface area contributed by atoms with E-state index in [1.807, 2.05) is 0 Å². The van der Waals surface area contributed by atoms with Gasteiger partial charge in [-0.1, -0.05) is 12.1 Å². The Morgan fingerprint density at radius 2 is 2.05 bits per heavy atom. The number of aliphatic hydroxyl groups is 1. The zero-order chi connectivity index (χ0) is 28.6. The van der Waals surface area contributed by atoms with E-state index in [1.165, 1.54) is 18.5 Å². The maximum Gasteiger partial charge on any atom is 0.272 e. The van der Waals surface area contributed by atoms with E-state index in [-0.39, 0.29) is 37.8 Å². The summed E-state index contributed by atoms with van der Waals surface area (Å²) in [6.45, 7) is 3.03. The normalized spacial score (nSPS) is 19.7. The van der Waals surface area contributed by atoms with Gasteiger partial charge in [-0.3, -0.25) is 14.4 Å². The number of carbonyl (C=O) groups excluding carboxylic acids is 1. The zero-order valence-corrected chi connectivity index (χ0v) is 23.2. The van der Waals surface area contributed by atoms with Gasteiger partial charge in [-0.25, -0.2) is 12.8 Å². The zero-order valence-electron chi connectivity index (χ0n) is 22.4. The fraction of sp³-hybridized carbons (Fsp3) is 0.577. The number of aromatic nitrogens is 2. The van der Waals surface area contributed by atoms with Crippen LogP contribution >= 0.6 is 0 Å². The summed E-state index contributed by atoms with van der Waals surface area (Å²) in [6.07, 6.45) is -1.62. The molecule has 1 saturated carbocycles. The van der Waals surface area contributed by atoms with E-state index in [0.717, 1.165) is 5.56 Å². The number of aliphatic hydroxyl groups excluding tert-OH is 1.